The molecule has 0 radical (unpaired) electrons. The van der Waals surface area contributed by atoms with Crippen LogP contribution in [0.15, 0.2) is 18.2 Å². The van der Waals surface area contributed by atoms with Gasteiger partial charge in [-0.25, -0.2) is 0 Å². The summed E-state index contributed by atoms with van der Waals surface area (Å²) in [5, 5.41) is 14.6. The summed E-state index contributed by atoms with van der Waals surface area (Å²) >= 11 is 0. The number of nitro benzene ring substituents is 1. The van der Waals surface area contributed by atoms with Crippen LogP contribution < -0.4 is 5.32 Å². The highest BCUT2D eigenvalue weighted by molar-refractivity contribution is 5.43. The first kappa shape index (κ1) is 14.0. The quantitative estimate of drug-likeness (QED) is 0.606. The molecule has 0 aromatic heterocycles. The van der Waals surface area contributed by atoms with E-state index < -0.39 is 0 Å². The minimum atomic E-state index is -0.265. The first-order chi connectivity index (χ1) is 9.11. The second-order valence-electron chi connectivity index (χ2n) is 5.49. The van der Waals surface area contributed by atoms with Crippen molar-refractivity contribution in [3.63, 3.8) is 0 Å². The van der Waals surface area contributed by atoms with E-state index in [4.69, 9.17) is 0 Å². The Kier molecular flexibility index (Phi) is 4.53. The third-order valence-corrected chi connectivity index (χ3v) is 3.72. The van der Waals surface area contributed by atoms with E-state index in [0.717, 1.165) is 30.5 Å². The van der Waals surface area contributed by atoms with Crippen LogP contribution in [-0.2, 0) is 6.42 Å². The number of hydrogen-bond donors (Lipinski definition) is 1. The maximum absolute atomic E-state index is 11.1. The number of nitrogens with zero attached hydrogens (tertiary/aromatic N) is 1. The summed E-state index contributed by atoms with van der Waals surface area (Å²) in [5.74, 6) is 0.701. The zero-order valence-corrected chi connectivity index (χ0v) is 11.7. The van der Waals surface area contributed by atoms with Crippen LogP contribution in [-0.4, -0.2) is 17.5 Å². The molecule has 1 aromatic carbocycles. The van der Waals surface area contributed by atoms with Gasteiger partial charge in [-0.2, -0.15) is 0 Å². The summed E-state index contributed by atoms with van der Waals surface area (Å²) < 4.78 is 0. The van der Waals surface area contributed by atoms with Crippen molar-refractivity contribution in [3.05, 3.63) is 39.4 Å². The average Bonchev–Trinajstić information content (AvgIpc) is 3.18. The lowest BCUT2D eigenvalue weighted by molar-refractivity contribution is -0.385. The third kappa shape index (κ3) is 3.77. The molecule has 1 aliphatic carbocycles. The molecule has 0 amide bonds. The average molecular weight is 262 g/mol. The van der Waals surface area contributed by atoms with Gasteiger partial charge in [-0.3, -0.25) is 10.1 Å². The first-order valence-electron chi connectivity index (χ1n) is 7.09. The lowest BCUT2D eigenvalue weighted by atomic mass is 9.99. The zero-order chi connectivity index (χ0) is 13.8. The number of aryl methyl sites for hydroxylation is 1. The fourth-order valence-electron chi connectivity index (χ4n) is 2.53. The van der Waals surface area contributed by atoms with Gasteiger partial charge in [0.2, 0.25) is 0 Å². The van der Waals surface area contributed by atoms with Crippen molar-refractivity contribution in [1.29, 1.82) is 0 Å². The van der Waals surface area contributed by atoms with E-state index in [9.17, 15) is 10.1 Å². The molecule has 1 unspecified atom stereocenters. The van der Waals surface area contributed by atoms with Crippen LogP contribution in [0.3, 0.4) is 0 Å². The lowest BCUT2D eigenvalue weighted by Gasteiger charge is -2.18. The van der Waals surface area contributed by atoms with Crippen molar-refractivity contribution in [2.75, 3.05) is 6.54 Å². The molecular weight excluding hydrogens is 240 g/mol. The van der Waals surface area contributed by atoms with Crippen LogP contribution >= 0.6 is 0 Å². The van der Waals surface area contributed by atoms with Gasteiger partial charge in [-0.15, -0.1) is 0 Å². The van der Waals surface area contributed by atoms with Crippen molar-refractivity contribution >= 4 is 5.69 Å². The van der Waals surface area contributed by atoms with E-state index in [-0.39, 0.29) is 10.6 Å². The van der Waals surface area contributed by atoms with Gasteiger partial charge >= 0.3 is 0 Å². The molecule has 1 saturated carbocycles. The van der Waals surface area contributed by atoms with Crippen LogP contribution in [0, 0.1) is 23.0 Å². The van der Waals surface area contributed by atoms with E-state index in [2.05, 4.69) is 12.2 Å². The van der Waals surface area contributed by atoms with Gasteiger partial charge in [0.1, 0.15) is 0 Å². The first-order valence-corrected chi connectivity index (χ1v) is 7.09. The van der Waals surface area contributed by atoms with E-state index >= 15 is 0 Å². The maximum atomic E-state index is 11.1. The van der Waals surface area contributed by atoms with Gasteiger partial charge in [-0.05, 0) is 51.1 Å². The minimum Gasteiger partial charge on any atom is -0.313 e. The molecule has 1 fully saturated rings. The Hall–Kier alpha value is -1.42. The molecule has 1 N–H and O–H groups in total. The highest BCUT2D eigenvalue weighted by atomic mass is 16.6. The van der Waals surface area contributed by atoms with Crippen molar-refractivity contribution in [3.8, 4) is 0 Å². The van der Waals surface area contributed by atoms with E-state index in [1.165, 1.54) is 12.8 Å². The van der Waals surface area contributed by atoms with Crippen molar-refractivity contribution in [1.82, 2.24) is 5.32 Å². The third-order valence-electron chi connectivity index (χ3n) is 3.72. The van der Waals surface area contributed by atoms with E-state index in [0.29, 0.717) is 12.0 Å². The number of rotatable bonds is 7. The van der Waals surface area contributed by atoms with Crippen LogP contribution in [0.5, 0.6) is 0 Å². The number of nitro groups is 1. The standard InChI is InChI=1S/C15H22N2O2/c1-3-8-16-14(12-5-6-12)10-13-9-11(2)4-7-15(13)17(18)19/h4,7,9,12,14,16H,3,5-6,8,10H2,1-2H3. The second kappa shape index (κ2) is 6.15. The van der Waals surface area contributed by atoms with Crippen LogP contribution in [0.4, 0.5) is 5.69 Å². The molecule has 1 aromatic rings. The summed E-state index contributed by atoms with van der Waals surface area (Å²) in [6, 6.07) is 5.79. The van der Waals surface area contributed by atoms with Crippen LogP contribution in [0.25, 0.3) is 0 Å². The Morgan fingerprint density at radius 3 is 2.79 bits per heavy atom. The Bertz CT molecular complexity index is 455. The van der Waals surface area contributed by atoms with Crippen LogP contribution in [0.2, 0.25) is 0 Å². The van der Waals surface area contributed by atoms with Gasteiger partial charge in [0.15, 0.2) is 0 Å². The van der Waals surface area contributed by atoms with Gasteiger partial charge in [-0.1, -0.05) is 18.6 Å². The van der Waals surface area contributed by atoms with Gasteiger partial charge in [0.25, 0.3) is 5.69 Å². The normalized spacial score (nSPS) is 16.3. The Labute approximate surface area is 114 Å². The smallest absolute Gasteiger partial charge is 0.272 e. The molecule has 4 nitrogen and oxygen atoms in total. The molecule has 19 heavy (non-hydrogen) atoms. The molecule has 0 saturated heterocycles. The Morgan fingerprint density at radius 1 is 1.47 bits per heavy atom. The predicted molar refractivity (Wildman–Crippen MR) is 76.3 cm³/mol. The summed E-state index contributed by atoms with van der Waals surface area (Å²) in [4.78, 5) is 10.8. The summed E-state index contributed by atoms with van der Waals surface area (Å²) in [6.07, 6.45) is 4.36. The molecule has 104 valence electrons. The molecule has 0 bridgehead atoms. The Balaban J connectivity index is 2.15. The highest BCUT2D eigenvalue weighted by Crippen LogP contribution is 2.35. The summed E-state index contributed by atoms with van der Waals surface area (Å²) in [7, 11) is 0. The Morgan fingerprint density at radius 2 is 2.21 bits per heavy atom. The molecule has 2 rings (SSSR count). The monoisotopic (exact) mass is 262 g/mol. The van der Waals surface area contributed by atoms with Crippen molar-refractivity contribution in [2.24, 2.45) is 5.92 Å². The molecular formula is C15H22N2O2. The number of benzene rings is 1. The van der Waals surface area contributed by atoms with E-state index in [1.54, 1.807) is 6.07 Å². The molecule has 0 heterocycles. The fraction of sp³-hybridized carbons (Fsp3) is 0.600. The summed E-state index contributed by atoms with van der Waals surface area (Å²) in [6.45, 7) is 5.12. The van der Waals surface area contributed by atoms with Gasteiger partial charge < -0.3 is 5.32 Å². The highest BCUT2D eigenvalue weighted by Gasteiger charge is 2.32. The number of hydrogen-bond acceptors (Lipinski definition) is 3. The maximum Gasteiger partial charge on any atom is 0.272 e. The zero-order valence-electron chi connectivity index (χ0n) is 11.7. The number of nitrogens with one attached hydrogen (secondary N) is 1. The molecule has 0 spiro atoms. The van der Waals surface area contributed by atoms with Crippen molar-refractivity contribution in [2.45, 2.75) is 45.6 Å². The molecule has 0 aliphatic heterocycles. The molecule has 1 atom stereocenters. The van der Waals surface area contributed by atoms with Crippen molar-refractivity contribution < 1.29 is 4.92 Å². The van der Waals surface area contributed by atoms with Crippen LogP contribution in [0.1, 0.15) is 37.3 Å². The van der Waals surface area contributed by atoms with Gasteiger partial charge in [0, 0.05) is 17.7 Å². The molecule has 1 aliphatic rings. The van der Waals surface area contributed by atoms with Gasteiger partial charge in [0.05, 0.1) is 4.92 Å². The minimum absolute atomic E-state index is 0.259. The fourth-order valence-corrected chi connectivity index (χ4v) is 2.53. The second-order valence-corrected chi connectivity index (χ2v) is 5.49. The predicted octanol–water partition coefficient (Wildman–Crippen LogP) is 3.22. The van der Waals surface area contributed by atoms with E-state index in [1.807, 2.05) is 19.1 Å². The topological polar surface area (TPSA) is 55.2 Å². The molecule has 4 heteroatoms. The largest absolute Gasteiger partial charge is 0.313 e. The lowest BCUT2D eigenvalue weighted by Crippen LogP contribution is -2.33. The SMILES string of the molecule is CCCNC(Cc1cc(C)ccc1[N+](=O)[O-])C1CC1. The summed E-state index contributed by atoms with van der Waals surface area (Å²) in [5.41, 5.74) is 2.21.